The number of amides is 1. The predicted molar refractivity (Wildman–Crippen MR) is 125 cm³/mol. The standard InChI is InChI=1S/C25H21N7O2/c1-14-3-4-18(24(33)29-19-9-10-19)11-20(14)32-13-28-22-21(26-12-27-23(22)32)16-5-7-17(8-6-16)25-31-30-15(2)34-25/h3-8,11-13,19H,9-10H2,1-2H3,(H,29,33). The summed E-state index contributed by atoms with van der Waals surface area (Å²) in [5.41, 5.74) is 6.29. The fourth-order valence-corrected chi connectivity index (χ4v) is 3.91. The lowest BCUT2D eigenvalue weighted by Gasteiger charge is -2.11. The van der Waals surface area contributed by atoms with Crippen LogP contribution in [0.3, 0.4) is 0 Å². The van der Waals surface area contributed by atoms with Gasteiger partial charge in [0.25, 0.3) is 5.91 Å². The number of nitrogens with zero attached hydrogens (tertiary/aromatic N) is 6. The van der Waals surface area contributed by atoms with Crippen LogP contribution < -0.4 is 5.32 Å². The van der Waals surface area contributed by atoms with Crippen LogP contribution in [-0.4, -0.2) is 41.7 Å². The van der Waals surface area contributed by atoms with Gasteiger partial charge in [0.1, 0.15) is 23.9 Å². The van der Waals surface area contributed by atoms with Crippen LogP contribution in [0.25, 0.3) is 39.6 Å². The smallest absolute Gasteiger partial charge is 0.251 e. The van der Waals surface area contributed by atoms with Crippen molar-refractivity contribution in [2.75, 3.05) is 0 Å². The number of aromatic nitrogens is 6. The Hall–Kier alpha value is -4.40. The van der Waals surface area contributed by atoms with Gasteiger partial charge in [-0.1, -0.05) is 18.2 Å². The number of nitrogens with one attached hydrogen (secondary N) is 1. The number of rotatable bonds is 5. The number of benzene rings is 2. The molecule has 1 amide bonds. The summed E-state index contributed by atoms with van der Waals surface area (Å²) in [5.74, 6) is 0.939. The van der Waals surface area contributed by atoms with Gasteiger partial charge in [0.2, 0.25) is 11.8 Å². The number of hydrogen-bond donors (Lipinski definition) is 1. The maximum atomic E-state index is 12.6. The summed E-state index contributed by atoms with van der Waals surface area (Å²) in [6.07, 6.45) is 5.35. The molecule has 0 saturated heterocycles. The summed E-state index contributed by atoms with van der Waals surface area (Å²) in [6.45, 7) is 3.76. The normalized spacial score (nSPS) is 13.4. The van der Waals surface area contributed by atoms with Crippen LogP contribution in [0, 0.1) is 13.8 Å². The van der Waals surface area contributed by atoms with Crippen LogP contribution in [0.5, 0.6) is 0 Å². The average molecular weight is 451 g/mol. The zero-order chi connectivity index (χ0) is 23.2. The van der Waals surface area contributed by atoms with Crippen LogP contribution in [0.2, 0.25) is 0 Å². The van der Waals surface area contributed by atoms with E-state index in [1.165, 1.54) is 6.33 Å². The van der Waals surface area contributed by atoms with Gasteiger partial charge in [-0.25, -0.2) is 15.0 Å². The van der Waals surface area contributed by atoms with Gasteiger partial charge < -0.3 is 9.73 Å². The molecule has 1 aliphatic carbocycles. The molecule has 1 aliphatic rings. The Bertz CT molecular complexity index is 1530. The first-order chi connectivity index (χ1) is 16.6. The van der Waals surface area contributed by atoms with E-state index in [-0.39, 0.29) is 5.91 Å². The first kappa shape index (κ1) is 20.2. The lowest BCUT2D eigenvalue weighted by molar-refractivity contribution is 0.0951. The molecule has 3 aromatic heterocycles. The first-order valence-corrected chi connectivity index (χ1v) is 11.1. The number of imidazole rings is 1. The summed E-state index contributed by atoms with van der Waals surface area (Å²) in [7, 11) is 0. The first-order valence-electron chi connectivity index (χ1n) is 11.1. The molecule has 0 aliphatic heterocycles. The van der Waals surface area contributed by atoms with E-state index in [1.54, 1.807) is 13.3 Å². The molecule has 3 heterocycles. The molecule has 168 valence electrons. The summed E-state index contributed by atoms with van der Waals surface area (Å²) in [6, 6.07) is 13.7. The van der Waals surface area contributed by atoms with Crippen molar-refractivity contribution in [3.63, 3.8) is 0 Å². The van der Waals surface area contributed by atoms with E-state index < -0.39 is 0 Å². The van der Waals surface area contributed by atoms with Crippen molar-refractivity contribution in [3.8, 4) is 28.4 Å². The zero-order valence-corrected chi connectivity index (χ0v) is 18.7. The number of hydrogen-bond acceptors (Lipinski definition) is 7. The van der Waals surface area contributed by atoms with Gasteiger partial charge in [-0.2, -0.15) is 0 Å². The van der Waals surface area contributed by atoms with Crippen LogP contribution >= 0.6 is 0 Å². The van der Waals surface area contributed by atoms with Gasteiger partial charge in [0.15, 0.2) is 5.65 Å². The molecule has 1 N–H and O–H groups in total. The maximum Gasteiger partial charge on any atom is 0.251 e. The van der Waals surface area contributed by atoms with E-state index in [4.69, 9.17) is 4.42 Å². The molecular weight excluding hydrogens is 430 g/mol. The Kier molecular flexibility index (Phi) is 4.68. The molecule has 1 fully saturated rings. The molecule has 2 aromatic carbocycles. The molecule has 0 unspecified atom stereocenters. The lowest BCUT2D eigenvalue weighted by Crippen LogP contribution is -2.25. The highest BCUT2D eigenvalue weighted by molar-refractivity contribution is 5.95. The Morgan fingerprint density at radius 1 is 1.00 bits per heavy atom. The fourth-order valence-electron chi connectivity index (χ4n) is 3.91. The van der Waals surface area contributed by atoms with Crippen molar-refractivity contribution in [2.24, 2.45) is 0 Å². The number of carbonyl (C=O) groups is 1. The predicted octanol–water partition coefficient (Wildman–Crippen LogP) is 4.04. The average Bonchev–Trinajstić information content (AvgIpc) is 3.39. The van der Waals surface area contributed by atoms with Crippen molar-refractivity contribution in [1.82, 2.24) is 35.0 Å². The second-order valence-corrected chi connectivity index (χ2v) is 8.46. The second-order valence-electron chi connectivity index (χ2n) is 8.46. The van der Waals surface area contributed by atoms with Crippen LogP contribution in [-0.2, 0) is 0 Å². The minimum absolute atomic E-state index is 0.0555. The number of fused-ring (bicyclic) bond motifs is 1. The molecular formula is C25H21N7O2. The molecule has 9 heteroatoms. The third kappa shape index (κ3) is 3.61. The molecule has 1 saturated carbocycles. The number of aryl methyl sites for hydroxylation is 2. The SMILES string of the molecule is Cc1nnc(-c2ccc(-c3ncnc4c3ncn4-c3cc(C(=O)NC4CC4)ccc3C)cc2)o1. The van der Waals surface area contributed by atoms with Crippen molar-refractivity contribution in [2.45, 2.75) is 32.7 Å². The Morgan fingerprint density at radius 2 is 1.79 bits per heavy atom. The second kappa shape index (κ2) is 7.87. The van der Waals surface area contributed by atoms with E-state index >= 15 is 0 Å². The van der Waals surface area contributed by atoms with E-state index in [2.05, 4.69) is 30.5 Å². The van der Waals surface area contributed by atoms with Gasteiger partial charge in [-0.3, -0.25) is 9.36 Å². The van der Waals surface area contributed by atoms with Crippen molar-refractivity contribution in [1.29, 1.82) is 0 Å². The third-order valence-electron chi connectivity index (χ3n) is 5.91. The summed E-state index contributed by atoms with van der Waals surface area (Å²) in [5, 5.41) is 11.0. The molecule has 0 bridgehead atoms. The van der Waals surface area contributed by atoms with Gasteiger partial charge in [0, 0.05) is 29.7 Å². The fraction of sp³-hybridized carbons (Fsp3) is 0.200. The lowest BCUT2D eigenvalue weighted by atomic mass is 10.1. The van der Waals surface area contributed by atoms with E-state index in [0.29, 0.717) is 34.6 Å². The van der Waals surface area contributed by atoms with Crippen molar-refractivity contribution in [3.05, 3.63) is 72.1 Å². The molecule has 34 heavy (non-hydrogen) atoms. The minimum Gasteiger partial charge on any atom is -0.421 e. The topological polar surface area (TPSA) is 112 Å². The Balaban J connectivity index is 1.38. The van der Waals surface area contributed by atoms with Crippen LogP contribution in [0.4, 0.5) is 0 Å². The van der Waals surface area contributed by atoms with Crippen molar-refractivity contribution < 1.29 is 9.21 Å². The van der Waals surface area contributed by atoms with E-state index in [1.807, 2.05) is 54.0 Å². The highest BCUT2D eigenvalue weighted by Gasteiger charge is 2.24. The molecule has 6 rings (SSSR count). The maximum absolute atomic E-state index is 12.6. The van der Waals surface area contributed by atoms with Gasteiger partial charge in [-0.05, 0) is 49.6 Å². The Morgan fingerprint density at radius 3 is 2.53 bits per heavy atom. The Labute approximate surface area is 194 Å². The molecule has 0 radical (unpaired) electrons. The van der Waals surface area contributed by atoms with Gasteiger partial charge in [0.05, 0.1) is 5.69 Å². The van der Waals surface area contributed by atoms with E-state index in [0.717, 1.165) is 40.9 Å². The monoisotopic (exact) mass is 451 g/mol. The highest BCUT2D eigenvalue weighted by atomic mass is 16.4. The van der Waals surface area contributed by atoms with Crippen molar-refractivity contribution >= 4 is 17.1 Å². The molecule has 9 nitrogen and oxygen atoms in total. The summed E-state index contributed by atoms with van der Waals surface area (Å²) in [4.78, 5) is 26.2. The third-order valence-corrected chi connectivity index (χ3v) is 5.91. The zero-order valence-electron chi connectivity index (χ0n) is 18.7. The quantitative estimate of drug-likeness (QED) is 0.429. The highest BCUT2D eigenvalue weighted by Crippen LogP contribution is 2.29. The largest absolute Gasteiger partial charge is 0.421 e. The summed E-state index contributed by atoms with van der Waals surface area (Å²) >= 11 is 0. The molecule has 0 spiro atoms. The molecule has 0 atom stereocenters. The minimum atomic E-state index is -0.0555. The van der Waals surface area contributed by atoms with Crippen LogP contribution in [0.15, 0.2) is 59.5 Å². The van der Waals surface area contributed by atoms with E-state index in [9.17, 15) is 4.79 Å². The summed E-state index contributed by atoms with van der Waals surface area (Å²) < 4.78 is 7.41. The molecule has 5 aromatic rings. The number of carbonyl (C=O) groups excluding carboxylic acids is 1. The van der Waals surface area contributed by atoms with Crippen LogP contribution in [0.1, 0.15) is 34.7 Å². The van der Waals surface area contributed by atoms with Gasteiger partial charge in [-0.15, -0.1) is 10.2 Å². The van der Waals surface area contributed by atoms with Gasteiger partial charge >= 0.3 is 0 Å².